The van der Waals surface area contributed by atoms with Crippen molar-refractivity contribution in [3.63, 3.8) is 0 Å². The number of likely N-dealkylation sites (N-methyl/N-ethyl adjacent to an activating group) is 1. The average Bonchev–Trinajstić information content (AvgIpc) is 2.56. The molecule has 1 aliphatic rings. The first-order valence-corrected chi connectivity index (χ1v) is 10.1. The van der Waals surface area contributed by atoms with Gasteiger partial charge >= 0.3 is 15.5 Å². The van der Waals surface area contributed by atoms with Crippen molar-refractivity contribution in [2.24, 2.45) is 10.9 Å². The molecule has 0 aliphatic carbocycles. The predicted molar refractivity (Wildman–Crippen MR) is 96.4 cm³/mol. The molecule has 0 aromatic rings. The quantitative estimate of drug-likeness (QED) is 0.493. The molecule has 154 valence electrons. The maximum atomic E-state index is 12.6. The van der Waals surface area contributed by atoms with E-state index >= 15 is 0 Å². The largest absolute Gasteiger partial charge is 0.511 e. The second kappa shape index (κ2) is 9.75. The Morgan fingerprint density at radius 2 is 1.85 bits per heavy atom. The minimum Gasteiger partial charge on any atom is -0.356 e. The van der Waals surface area contributed by atoms with E-state index in [4.69, 9.17) is 0 Å². The number of hydrogen-bond donors (Lipinski definition) is 2. The van der Waals surface area contributed by atoms with Gasteiger partial charge in [0, 0.05) is 45.8 Å². The number of guanidine groups is 1. The molecule has 0 aromatic carbocycles. The minimum absolute atomic E-state index is 0.103. The number of hydrogen-bond acceptors (Lipinski definition) is 4. The highest BCUT2D eigenvalue weighted by atomic mass is 32.2. The first-order chi connectivity index (χ1) is 12.0. The molecule has 0 unspecified atom stereocenters. The molecular formula is C15H30F3N5O2S. The van der Waals surface area contributed by atoms with Gasteiger partial charge < -0.3 is 15.5 Å². The van der Waals surface area contributed by atoms with Crippen molar-refractivity contribution in [3.8, 4) is 0 Å². The molecule has 11 heteroatoms. The lowest BCUT2D eigenvalue weighted by molar-refractivity contribution is -0.0496. The van der Waals surface area contributed by atoms with Gasteiger partial charge in [-0.05, 0) is 39.7 Å². The summed E-state index contributed by atoms with van der Waals surface area (Å²) in [5.74, 6) is 0.735. The summed E-state index contributed by atoms with van der Waals surface area (Å²) >= 11 is 0. The molecule has 2 N–H and O–H groups in total. The number of nitrogens with one attached hydrogen (secondary N) is 2. The Bertz CT molecular complexity index is 558. The van der Waals surface area contributed by atoms with Crippen LogP contribution in [0.25, 0.3) is 0 Å². The van der Waals surface area contributed by atoms with Gasteiger partial charge in [-0.1, -0.05) is 0 Å². The van der Waals surface area contributed by atoms with Gasteiger partial charge in [-0.15, -0.1) is 0 Å². The van der Waals surface area contributed by atoms with Crippen LogP contribution in [-0.2, 0) is 10.0 Å². The van der Waals surface area contributed by atoms with E-state index in [1.807, 2.05) is 7.05 Å². The molecule has 1 saturated heterocycles. The predicted octanol–water partition coefficient (Wildman–Crippen LogP) is 1.05. The Morgan fingerprint density at radius 3 is 2.31 bits per heavy atom. The summed E-state index contributed by atoms with van der Waals surface area (Å²) in [5.41, 5.74) is -5.23. The zero-order chi connectivity index (χ0) is 20.0. The Hall–Kier alpha value is -1.07. The third-order valence-electron chi connectivity index (χ3n) is 4.63. The summed E-state index contributed by atoms with van der Waals surface area (Å²) in [6, 6.07) is 0.449. The van der Waals surface area contributed by atoms with Crippen LogP contribution in [0.15, 0.2) is 4.99 Å². The van der Waals surface area contributed by atoms with Crippen LogP contribution in [0.4, 0.5) is 13.2 Å². The van der Waals surface area contributed by atoms with E-state index in [-0.39, 0.29) is 19.0 Å². The van der Waals surface area contributed by atoms with Crippen LogP contribution in [0, 0.1) is 5.92 Å². The number of nitrogens with zero attached hydrogens (tertiary/aromatic N) is 3. The van der Waals surface area contributed by atoms with Crippen LogP contribution < -0.4 is 10.6 Å². The molecule has 1 heterocycles. The molecule has 7 nitrogen and oxygen atoms in total. The van der Waals surface area contributed by atoms with Crippen LogP contribution in [0.3, 0.4) is 0 Å². The lowest BCUT2D eigenvalue weighted by Crippen LogP contribution is -2.47. The number of rotatable bonds is 7. The molecule has 26 heavy (non-hydrogen) atoms. The van der Waals surface area contributed by atoms with Gasteiger partial charge in [0.05, 0.1) is 0 Å². The molecule has 0 saturated carbocycles. The van der Waals surface area contributed by atoms with E-state index in [0.717, 1.165) is 13.1 Å². The third-order valence-corrected chi connectivity index (χ3v) is 6.26. The van der Waals surface area contributed by atoms with E-state index in [2.05, 4.69) is 34.4 Å². The zero-order valence-corrected chi connectivity index (χ0v) is 16.6. The first-order valence-electron chi connectivity index (χ1n) is 8.70. The van der Waals surface area contributed by atoms with Crippen LogP contribution in [0.1, 0.15) is 26.7 Å². The van der Waals surface area contributed by atoms with Gasteiger partial charge in [0.2, 0.25) is 0 Å². The van der Waals surface area contributed by atoms with E-state index in [1.54, 1.807) is 7.05 Å². The fourth-order valence-corrected chi connectivity index (χ4v) is 3.55. The SMILES string of the molecule is CN=C(NCCN(C)C(C)C)NCC1CCN(S(=O)(=O)C(F)(F)F)CC1. The number of alkyl halides is 3. The minimum atomic E-state index is -5.23. The molecule has 0 bridgehead atoms. The highest BCUT2D eigenvalue weighted by Gasteiger charge is 2.50. The normalized spacial score (nSPS) is 18.6. The fraction of sp³-hybridized carbons (Fsp3) is 0.933. The van der Waals surface area contributed by atoms with E-state index in [9.17, 15) is 21.6 Å². The Kier molecular flexibility index (Phi) is 8.61. The van der Waals surface area contributed by atoms with Crippen molar-refractivity contribution >= 4 is 16.0 Å². The van der Waals surface area contributed by atoms with Crippen molar-refractivity contribution < 1.29 is 21.6 Å². The lowest BCUT2D eigenvalue weighted by Gasteiger charge is -2.31. The number of piperidine rings is 1. The number of sulfonamides is 1. The summed E-state index contributed by atoms with van der Waals surface area (Å²) in [4.78, 5) is 6.31. The second-order valence-corrected chi connectivity index (χ2v) is 8.68. The fourth-order valence-electron chi connectivity index (χ4n) is 2.57. The van der Waals surface area contributed by atoms with Gasteiger partial charge in [0.25, 0.3) is 0 Å². The number of aliphatic imine (C=N–C) groups is 1. The molecule has 0 aromatic heterocycles. The Balaban J connectivity index is 2.36. The lowest BCUT2D eigenvalue weighted by atomic mass is 9.98. The van der Waals surface area contributed by atoms with Gasteiger partial charge in [0.1, 0.15) is 0 Å². The highest BCUT2D eigenvalue weighted by Crippen LogP contribution is 2.30. The standard InChI is InChI=1S/C15H30F3N5O2S/c1-12(2)22(4)10-7-20-14(19-3)21-11-13-5-8-23(9-6-13)26(24,25)15(16,17)18/h12-13H,5-11H2,1-4H3,(H2,19,20,21). The molecule has 1 aliphatic heterocycles. The van der Waals surface area contributed by atoms with E-state index in [1.165, 1.54) is 0 Å². The topological polar surface area (TPSA) is 77.0 Å². The van der Waals surface area contributed by atoms with Crippen LogP contribution in [0.5, 0.6) is 0 Å². The van der Waals surface area contributed by atoms with Crippen LogP contribution >= 0.6 is 0 Å². The van der Waals surface area contributed by atoms with E-state index in [0.29, 0.717) is 35.7 Å². The molecule has 1 fully saturated rings. The summed E-state index contributed by atoms with van der Waals surface area (Å²) in [6.07, 6.45) is 0.769. The molecular weight excluding hydrogens is 371 g/mol. The summed E-state index contributed by atoms with van der Waals surface area (Å²) in [7, 11) is -1.53. The summed E-state index contributed by atoms with van der Waals surface area (Å²) in [5, 5.41) is 6.35. The Labute approximate surface area is 154 Å². The molecule has 0 amide bonds. The third kappa shape index (κ3) is 6.58. The van der Waals surface area contributed by atoms with Crippen molar-refractivity contribution in [3.05, 3.63) is 0 Å². The highest BCUT2D eigenvalue weighted by molar-refractivity contribution is 7.90. The van der Waals surface area contributed by atoms with Gasteiger partial charge in [0.15, 0.2) is 5.96 Å². The van der Waals surface area contributed by atoms with Crippen LogP contribution in [0.2, 0.25) is 0 Å². The monoisotopic (exact) mass is 401 g/mol. The molecule has 0 atom stereocenters. The average molecular weight is 401 g/mol. The van der Waals surface area contributed by atoms with Crippen molar-refractivity contribution in [1.29, 1.82) is 0 Å². The van der Waals surface area contributed by atoms with Gasteiger partial charge in [-0.2, -0.15) is 17.5 Å². The Morgan fingerprint density at radius 1 is 1.27 bits per heavy atom. The second-order valence-electron chi connectivity index (χ2n) is 6.75. The smallest absolute Gasteiger partial charge is 0.356 e. The first kappa shape index (κ1) is 23.0. The zero-order valence-electron chi connectivity index (χ0n) is 15.8. The van der Waals surface area contributed by atoms with Gasteiger partial charge in [-0.3, -0.25) is 4.99 Å². The summed E-state index contributed by atoms with van der Waals surface area (Å²) < 4.78 is 61.0. The van der Waals surface area contributed by atoms with Crippen molar-refractivity contribution in [2.45, 2.75) is 38.2 Å². The number of halogens is 3. The maximum absolute atomic E-state index is 12.6. The van der Waals surface area contributed by atoms with E-state index < -0.39 is 15.5 Å². The van der Waals surface area contributed by atoms with Crippen LogP contribution in [-0.4, -0.2) is 82.0 Å². The van der Waals surface area contributed by atoms with Gasteiger partial charge in [-0.25, -0.2) is 8.42 Å². The molecule has 1 rings (SSSR count). The molecule has 0 radical (unpaired) electrons. The van der Waals surface area contributed by atoms with Crippen molar-refractivity contribution in [1.82, 2.24) is 19.8 Å². The van der Waals surface area contributed by atoms with Crippen molar-refractivity contribution in [2.75, 3.05) is 46.8 Å². The maximum Gasteiger partial charge on any atom is 0.511 e. The summed E-state index contributed by atoms with van der Waals surface area (Å²) in [6.45, 7) is 6.11. The molecule has 0 spiro atoms.